The second kappa shape index (κ2) is 6.55. The van der Waals surface area contributed by atoms with Gasteiger partial charge in [0, 0.05) is 26.2 Å². The van der Waals surface area contributed by atoms with Gasteiger partial charge in [-0.2, -0.15) is 5.26 Å². The molecule has 1 atom stereocenters. The minimum atomic E-state index is -0.882. The van der Waals surface area contributed by atoms with E-state index in [1.54, 1.807) is 13.2 Å². The zero-order valence-electron chi connectivity index (χ0n) is 10.9. The molecule has 2 aromatic rings. The minimum absolute atomic E-state index is 0.177. The van der Waals surface area contributed by atoms with Crippen molar-refractivity contribution in [3.8, 4) is 6.07 Å². The van der Waals surface area contributed by atoms with Gasteiger partial charge in [-0.3, -0.25) is 4.79 Å². The van der Waals surface area contributed by atoms with Crippen LogP contribution in [0.1, 0.15) is 23.8 Å². The number of aromatic nitrogens is 1. The van der Waals surface area contributed by atoms with E-state index in [4.69, 9.17) is 4.74 Å². The maximum atomic E-state index is 13.1. The molecule has 0 bridgehead atoms. The van der Waals surface area contributed by atoms with Crippen molar-refractivity contribution in [2.45, 2.75) is 18.8 Å². The summed E-state index contributed by atoms with van der Waals surface area (Å²) in [5.74, 6) is -1.44. The summed E-state index contributed by atoms with van der Waals surface area (Å²) >= 11 is 1.25. The fourth-order valence-corrected chi connectivity index (χ4v) is 2.86. The third kappa shape index (κ3) is 3.18. The molecular formula is C14H13FN2O2S. The molecule has 0 N–H and O–H groups in total. The highest BCUT2D eigenvalue weighted by Crippen LogP contribution is 2.29. The maximum Gasteiger partial charge on any atom is 0.157 e. The van der Waals surface area contributed by atoms with Crippen LogP contribution in [0.2, 0.25) is 0 Å². The molecule has 2 rings (SSSR count). The molecule has 104 valence electrons. The molecule has 0 spiro atoms. The Labute approximate surface area is 119 Å². The molecule has 0 aliphatic heterocycles. The Morgan fingerprint density at radius 3 is 3.10 bits per heavy atom. The fraction of sp³-hybridized carbons (Fsp3) is 0.357. The number of nitriles is 1. The minimum Gasteiger partial charge on any atom is -0.385 e. The van der Waals surface area contributed by atoms with Gasteiger partial charge in [-0.25, -0.2) is 9.37 Å². The average molecular weight is 292 g/mol. The van der Waals surface area contributed by atoms with E-state index in [1.807, 2.05) is 6.07 Å². The lowest BCUT2D eigenvalue weighted by Crippen LogP contribution is -2.11. The van der Waals surface area contributed by atoms with E-state index in [0.717, 1.165) is 4.70 Å². The van der Waals surface area contributed by atoms with Gasteiger partial charge in [-0.15, -0.1) is 11.3 Å². The molecule has 20 heavy (non-hydrogen) atoms. The monoisotopic (exact) mass is 292 g/mol. The number of thiazole rings is 1. The molecule has 1 aromatic carbocycles. The largest absolute Gasteiger partial charge is 0.385 e. The molecule has 0 fully saturated rings. The highest BCUT2D eigenvalue weighted by Gasteiger charge is 2.23. The number of halogens is 1. The molecule has 0 unspecified atom stereocenters. The summed E-state index contributed by atoms with van der Waals surface area (Å²) in [6.45, 7) is 0.481. The Kier molecular flexibility index (Phi) is 4.77. The van der Waals surface area contributed by atoms with Gasteiger partial charge in [0.2, 0.25) is 0 Å². The summed E-state index contributed by atoms with van der Waals surface area (Å²) in [4.78, 5) is 16.2. The topological polar surface area (TPSA) is 63.0 Å². The van der Waals surface area contributed by atoms with Crippen LogP contribution in [0.5, 0.6) is 0 Å². The first-order valence-corrected chi connectivity index (χ1v) is 6.94. The molecule has 0 aliphatic rings. The summed E-state index contributed by atoms with van der Waals surface area (Å²) in [5, 5.41) is 9.60. The number of Topliss-reactive ketones (excluding diaryl/α,β-unsaturated/α-hetero) is 1. The molecule has 1 aromatic heterocycles. The number of rotatable bonds is 6. The number of benzene rings is 1. The third-order valence-corrected chi connectivity index (χ3v) is 3.94. The lowest BCUT2D eigenvalue weighted by molar-refractivity contribution is -0.119. The fourth-order valence-electron chi connectivity index (χ4n) is 1.84. The molecule has 0 amide bonds. The van der Waals surface area contributed by atoms with Crippen molar-refractivity contribution in [1.29, 1.82) is 5.26 Å². The van der Waals surface area contributed by atoms with Gasteiger partial charge in [0.05, 0.1) is 16.3 Å². The summed E-state index contributed by atoms with van der Waals surface area (Å²) < 4.78 is 18.8. The number of carbonyl (C=O) groups is 1. The molecule has 0 saturated heterocycles. The zero-order valence-corrected chi connectivity index (χ0v) is 11.7. The first-order valence-electron chi connectivity index (χ1n) is 6.13. The van der Waals surface area contributed by atoms with Crippen molar-refractivity contribution in [3.63, 3.8) is 0 Å². The molecule has 6 heteroatoms. The molecular weight excluding hydrogens is 279 g/mol. The summed E-state index contributed by atoms with van der Waals surface area (Å²) in [6, 6.07) is 6.24. The van der Waals surface area contributed by atoms with Crippen molar-refractivity contribution in [1.82, 2.24) is 4.98 Å². The third-order valence-electron chi connectivity index (χ3n) is 2.84. The highest BCUT2D eigenvalue weighted by molar-refractivity contribution is 7.18. The van der Waals surface area contributed by atoms with Crippen LogP contribution in [-0.4, -0.2) is 24.5 Å². The second-order valence-electron chi connectivity index (χ2n) is 4.29. The van der Waals surface area contributed by atoms with E-state index in [1.165, 1.54) is 23.5 Å². The van der Waals surface area contributed by atoms with E-state index in [9.17, 15) is 14.4 Å². The zero-order chi connectivity index (χ0) is 14.5. The van der Waals surface area contributed by atoms with Crippen LogP contribution in [0.15, 0.2) is 18.2 Å². The highest BCUT2D eigenvalue weighted by atomic mass is 32.1. The van der Waals surface area contributed by atoms with E-state index in [2.05, 4.69) is 4.98 Å². The summed E-state index contributed by atoms with van der Waals surface area (Å²) in [5.41, 5.74) is 0.481. The Bertz CT molecular complexity index is 663. The number of ketones is 1. The maximum absolute atomic E-state index is 13.1. The molecule has 4 nitrogen and oxygen atoms in total. The SMILES string of the molecule is COCCCC(=O)[C@@H](C#N)c1nc2cc(F)ccc2s1. The van der Waals surface area contributed by atoms with Crippen molar-refractivity contribution in [2.75, 3.05) is 13.7 Å². The number of hydrogen-bond donors (Lipinski definition) is 0. The van der Waals surface area contributed by atoms with Crippen LogP contribution in [-0.2, 0) is 9.53 Å². The van der Waals surface area contributed by atoms with E-state index in [0.29, 0.717) is 23.6 Å². The molecule has 0 saturated carbocycles. The van der Waals surface area contributed by atoms with Crippen LogP contribution in [0, 0.1) is 17.1 Å². The van der Waals surface area contributed by atoms with E-state index in [-0.39, 0.29) is 18.0 Å². The average Bonchev–Trinajstić information content (AvgIpc) is 2.82. The van der Waals surface area contributed by atoms with Crippen molar-refractivity contribution < 1.29 is 13.9 Å². The lowest BCUT2D eigenvalue weighted by atomic mass is 10.0. The summed E-state index contributed by atoms with van der Waals surface area (Å²) in [6.07, 6.45) is 0.851. The van der Waals surface area contributed by atoms with Crippen LogP contribution >= 0.6 is 11.3 Å². The second-order valence-corrected chi connectivity index (χ2v) is 5.35. The normalized spacial score (nSPS) is 12.2. The van der Waals surface area contributed by atoms with Gasteiger partial charge in [0.25, 0.3) is 0 Å². The number of nitrogens with zero attached hydrogens (tertiary/aromatic N) is 2. The molecule has 0 radical (unpaired) electrons. The predicted octanol–water partition coefficient (Wildman–Crippen LogP) is 3.04. The number of fused-ring (bicyclic) bond motifs is 1. The molecule has 1 heterocycles. The number of methoxy groups -OCH3 is 1. The first-order chi connectivity index (χ1) is 9.65. The quantitative estimate of drug-likeness (QED) is 0.768. The Morgan fingerprint density at radius 1 is 1.60 bits per heavy atom. The smallest absolute Gasteiger partial charge is 0.157 e. The van der Waals surface area contributed by atoms with Crippen molar-refractivity contribution >= 4 is 27.3 Å². The van der Waals surface area contributed by atoms with Gasteiger partial charge in [-0.05, 0) is 18.6 Å². The van der Waals surface area contributed by atoms with Crippen LogP contribution in [0.4, 0.5) is 4.39 Å². The van der Waals surface area contributed by atoms with Crippen molar-refractivity contribution in [3.05, 3.63) is 29.0 Å². The number of hydrogen-bond acceptors (Lipinski definition) is 5. The van der Waals surface area contributed by atoms with Crippen LogP contribution in [0.3, 0.4) is 0 Å². The van der Waals surface area contributed by atoms with Gasteiger partial charge < -0.3 is 4.74 Å². The van der Waals surface area contributed by atoms with Crippen LogP contribution in [0.25, 0.3) is 10.2 Å². The van der Waals surface area contributed by atoms with Crippen LogP contribution < -0.4 is 0 Å². The molecule has 0 aliphatic carbocycles. The van der Waals surface area contributed by atoms with E-state index < -0.39 is 5.92 Å². The Balaban J connectivity index is 2.21. The number of ether oxygens (including phenoxy) is 1. The van der Waals surface area contributed by atoms with Gasteiger partial charge >= 0.3 is 0 Å². The van der Waals surface area contributed by atoms with Crippen molar-refractivity contribution in [2.24, 2.45) is 0 Å². The first kappa shape index (κ1) is 14.6. The summed E-state index contributed by atoms with van der Waals surface area (Å²) in [7, 11) is 1.56. The Morgan fingerprint density at radius 2 is 2.40 bits per heavy atom. The Hall–Kier alpha value is -1.84. The van der Waals surface area contributed by atoms with Gasteiger partial charge in [0.1, 0.15) is 10.8 Å². The predicted molar refractivity (Wildman–Crippen MR) is 74.0 cm³/mol. The standard InChI is InChI=1S/C14H13FN2O2S/c1-19-6-2-3-12(18)10(8-16)14-17-11-7-9(15)4-5-13(11)20-14/h4-5,7,10H,2-3,6H2,1H3/t10-/m1/s1. The van der Waals surface area contributed by atoms with E-state index >= 15 is 0 Å². The lowest BCUT2D eigenvalue weighted by Gasteiger charge is -2.04. The van der Waals surface area contributed by atoms with Gasteiger partial charge in [0.15, 0.2) is 11.7 Å². The number of carbonyl (C=O) groups excluding carboxylic acids is 1. The van der Waals surface area contributed by atoms with Gasteiger partial charge in [-0.1, -0.05) is 0 Å².